The van der Waals surface area contributed by atoms with Crippen molar-refractivity contribution in [2.24, 2.45) is 0 Å². The summed E-state index contributed by atoms with van der Waals surface area (Å²) in [6, 6.07) is 16.0. The maximum absolute atomic E-state index is 8.25. The topological polar surface area (TPSA) is 123 Å². The van der Waals surface area contributed by atoms with Crippen LogP contribution in [0, 0.1) is 0 Å². The third kappa shape index (κ3) is 3.82. The molecule has 0 fully saturated rings. The van der Waals surface area contributed by atoms with Crippen molar-refractivity contribution in [1.82, 2.24) is 39.9 Å². The Morgan fingerprint density at radius 1 is 0.595 bits per heavy atom. The molecule has 8 bridgehead atoms. The predicted octanol–water partition coefficient (Wildman–Crippen LogP) is 3.36. The Hall–Kier alpha value is -4.99. The van der Waals surface area contributed by atoms with E-state index in [9.17, 15) is 0 Å². The quantitative estimate of drug-likeness (QED) is 0.255. The van der Waals surface area contributed by atoms with Crippen molar-refractivity contribution in [1.29, 1.82) is 0 Å². The monoisotopic (exact) mass is 578 g/mol. The second kappa shape index (κ2) is 9.83. The number of nitrogens with zero attached hydrogens (tertiary/aromatic N) is 8. The molecule has 0 spiro atoms. The Morgan fingerprint density at radius 3 is 2.00 bits per heavy atom. The van der Waals surface area contributed by atoms with Gasteiger partial charge >= 0.3 is 23.7 Å². The molecule has 42 heavy (non-hydrogen) atoms. The van der Waals surface area contributed by atoms with E-state index >= 15 is 0 Å². The van der Waals surface area contributed by atoms with E-state index in [4.69, 9.17) is 43.2 Å². The fraction of sp³-hybridized carbons (Fsp3) is 0.0625. The molecule has 0 amide bonds. The molecule has 5 aliphatic rings. The molecule has 9 nitrogen and oxygen atoms in total. The molecule has 0 N–H and O–H groups in total. The zero-order valence-corrected chi connectivity index (χ0v) is 23.4. The van der Waals surface area contributed by atoms with Crippen LogP contribution >= 0.6 is 0 Å². The van der Waals surface area contributed by atoms with Gasteiger partial charge in [-0.05, 0) is 21.9 Å². The van der Waals surface area contributed by atoms with Gasteiger partial charge in [0.25, 0.3) is 0 Å². The van der Waals surface area contributed by atoms with Crippen LogP contribution in [0.4, 0.5) is 0 Å². The average molecular weight is 578 g/mol. The van der Waals surface area contributed by atoms with Gasteiger partial charge in [0.15, 0.2) is 5.82 Å². The van der Waals surface area contributed by atoms with Gasteiger partial charge in [-0.25, -0.2) is 15.0 Å². The fourth-order valence-electron chi connectivity index (χ4n) is 5.76. The van der Waals surface area contributed by atoms with Crippen LogP contribution in [0.5, 0.6) is 0 Å². The molecule has 3 aliphatic heterocycles. The fourth-order valence-corrected chi connectivity index (χ4v) is 5.76. The van der Waals surface area contributed by atoms with Crippen molar-refractivity contribution in [2.45, 2.75) is 11.8 Å². The normalized spacial score (nSPS) is 18.2. The first-order valence-electron chi connectivity index (χ1n) is 13.3. The molecule has 0 saturated heterocycles. The standard InChI is InChI=1S/C32H18N8.O.Ti/c1-2-10-18-17(9-1)25-33-26(18)38-28-21-13-5-6-14-22(21)30(35-28)40-32-24-16-8-7-15-23(24)31(36-32)39-29-20-12-4-3-11-19(20)27(34-29)37-25;;/h1-17,20H;;/q-2;;+2. The Balaban J connectivity index is 0.00000131. The number of fused-ring (bicyclic) bond motifs is 18. The number of benzene rings is 2. The van der Waals surface area contributed by atoms with E-state index in [0.29, 0.717) is 45.6 Å². The Bertz CT molecular complexity index is 2280. The van der Waals surface area contributed by atoms with Crippen molar-refractivity contribution < 1.29 is 23.7 Å². The Morgan fingerprint density at radius 2 is 1.24 bits per heavy atom. The molecule has 2 aliphatic carbocycles. The Kier molecular flexibility index (Phi) is 5.80. The molecule has 10 heteroatoms. The summed E-state index contributed by atoms with van der Waals surface area (Å²) in [5, 5.41) is 1.81. The van der Waals surface area contributed by atoms with E-state index in [0.717, 1.165) is 53.4 Å². The van der Waals surface area contributed by atoms with Gasteiger partial charge in [-0.2, -0.15) is 0 Å². The van der Waals surface area contributed by atoms with Crippen molar-refractivity contribution >= 4 is 33.2 Å². The van der Waals surface area contributed by atoms with Crippen LogP contribution in [-0.2, 0) is 23.7 Å². The van der Waals surface area contributed by atoms with Gasteiger partial charge in [0, 0.05) is 39.6 Å². The van der Waals surface area contributed by atoms with Crippen LogP contribution in [0.15, 0.2) is 97.1 Å². The van der Waals surface area contributed by atoms with E-state index in [1.807, 2.05) is 85.0 Å². The second-order valence-electron chi connectivity index (χ2n) is 10.00. The third-order valence-corrected chi connectivity index (χ3v) is 7.67. The molecule has 4 aromatic rings. The first kappa shape index (κ1) is 24.8. The summed E-state index contributed by atoms with van der Waals surface area (Å²) in [6.07, 6.45) is 16.3. The van der Waals surface area contributed by atoms with E-state index < -0.39 is 0 Å². The van der Waals surface area contributed by atoms with Gasteiger partial charge in [0.2, 0.25) is 0 Å². The molecule has 5 heterocycles. The van der Waals surface area contributed by atoms with Gasteiger partial charge in [0.05, 0.1) is 17.2 Å². The molecular weight excluding hydrogens is 560 g/mol. The first-order chi connectivity index (χ1) is 20.8. The second-order valence-corrected chi connectivity index (χ2v) is 10.00. The van der Waals surface area contributed by atoms with Crippen LogP contribution in [0.2, 0.25) is 0 Å². The third-order valence-electron chi connectivity index (χ3n) is 7.67. The van der Waals surface area contributed by atoms with Crippen molar-refractivity contribution in [3.8, 4) is 22.8 Å². The number of rotatable bonds is 0. The molecule has 2 aromatic heterocycles. The van der Waals surface area contributed by atoms with Gasteiger partial charge in [-0.1, -0.05) is 97.1 Å². The first-order valence-corrected chi connectivity index (χ1v) is 14.0. The number of hydrogen-bond donors (Lipinski definition) is 0. The molecule has 9 rings (SSSR count). The summed E-state index contributed by atoms with van der Waals surface area (Å²) in [7, 11) is 0. The Labute approximate surface area is 250 Å². The molecule has 0 radical (unpaired) electrons. The number of aromatic nitrogens is 8. The van der Waals surface area contributed by atoms with Gasteiger partial charge in [-0.15, -0.1) is 0 Å². The number of allylic oxidation sites excluding steroid dienone is 8. The molecule has 0 saturated carbocycles. The van der Waals surface area contributed by atoms with E-state index in [1.54, 1.807) is 0 Å². The minimum absolute atomic E-state index is 0.113. The summed E-state index contributed by atoms with van der Waals surface area (Å²) in [6.45, 7) is 0. The van der Waals surface area contributed by atoms with E-state index in [1.165, 1.54) is 0 Å². The minimum atomic E-state index is -0.113. The summed E-state index contributed by atoms with van der Waals surface area (Å²) in [5.74, 6) is 2.21. The summed E-state index contributed by atoms with van der Waals surface area (Å²) in [4.78, 5) is 39.5. The molecule has 2 aromatic carbocycles. The predicted molar refractivity (Wildman–Crippen MR) is 152 cm³/mol. The van der Waals surface area contributed by atoms with E-state index in [-0.39, 0.29) is 11.8 Å². The average Bonchev–Trinajstić information content (AvgIpc) is 3.78. The number of hydrogen-bond acceptors (Lipinski definition) is 7. The zero-order chi connectivity index (χ0) is 28.2. The van der Waals surface area contributed by atoms with Crippen LogP contribution in [0.25, 0.3) is 56.0 Å². The van der Waals surface area contributed by atoms with Crippen molar-refractivity contribution in [2.75, 3.05) is 0 Å². The van der Waals surface area contributed by atoms with Crippen LogP contribution < -0.4 is 20.9 Å². The van der Waals surface area contributed by atoms with Crippen LogP contribution in [0.3, 0.4) is 0 Å². The molecule has 196 valence electrons. The van der Waals surface area contributed by atoms with Gasteiger partial charge in [0.1, 0.15) is 5.82 Å². The molecule has 2 atom stereocenters. The van der Waals surface area contributed by atoms with Crippen molar-refractivity contribution in [3.63, 3.8) is 0 Å². The van der Waals surface area contributed by atoms with Crippen LogP contribution in [-0.4, -0.2) is 29.9 Å². The molecular formula is C32H18N8OTi. The summed E-state index contributed by atoms with van der Waals surface area (Å²) in [5.41, 5.74) is 6.13. The SMILES string of the molecule is C1=CC2=c3nc(nc4nc(nc5[n-]c(nc6[n-]c(n3)C3C=CC=CC=63)c3ccccc53)-c3ccccc3-4)C2C=C1.[O]=[Ti+2]. The van der Waals surface area contributed by atoms with E-state index in [2.05, 4.69) is 12.2 Å². The summed E-state index contributed by atoms with van der Waals surface area (Å²) < 4.78 is 8.25. The van der Waals surface area contributed by atoms with Gasteiger partial charge in [-0.3, -0.25) is 0 Å². The maximum atomic E-state index is 8.25. The molecule has 2 unspecified atom stereocenters. The van der Waals surface area contributed by atoms with Crippen LogP contribution in [0.1, 0.15) is 23.5 Å². The zero-order valence-electron chi connectivity index (χ0n) is 21.9. The van der Waals surface area contributed by atoms with Crippen molar-refractivity contribution in [3.05, 3.63) is 120 Å². The van der Waals surface area contributed by atoms with Gasteiger partial charge < -0.3 is 24.9 Å². The summed E-state index contributed by atoms with van der Waals surface area (Å²) >= 11 is 0.750.